The topological polar surface area (TPSA) is 79.2 Å². The molecule has 2 rings (SSSR count). The van der Waals surface area contributed by atoms with Crippen molar-refractivity contribution in [2.75, 3.05) is 18.6 Å². The number of benzene rings is 1. The number of hydrogen-bond donors (Lipinski definition) is 1. The van der Waals surface area contributed by atoms with Crippen molar-refractivity contribution in [1.82, 2.24) is 5.32 Å². The zero-order chi connectivity index (χ0) is 14.8. The Hall–Kier alpha value is -1.58. The van der Waals surface area contributed by atoms with Gasteiger partial charge in [0.2, 0.25) is 0 Å². The predicted octanol–water partition coefficient (Wildman–Crippen LogP) is 1.23. The van der Waals surface area contributed by atoms with E-state index in [9.17, 15) is 8.42 Å². The molecular weight excluding hydrogens is 276 g/mol. The minimum absolute atomic E-state index is 0.153. The lowest BCUT2D eigenvalue weighted by atomic mass is 10.0. The molecule has 0 amide bonds. The molecule has 1 unspecified atom stereocenters. The lowest BCUT2D eigenvalue weighted by molar-refractivity contribution is 0.379. The zero-order valence-electron chi connectivity index (χ0n) is 11.6. The molecule has 6 heteroatoms. The molecule has 5 nitrogen and oxygen atoms in total. The first-order valence-corrected chi connectivity index (χ1v) is 8.22. The Morgan fingerprint density at radius 2 is 2.25 bits per heavy atom. The molecule has 1 N–H and O–H groups in total. The lowest BCUT2D eigenvalue weighted by Gasteiger charge is -2.24. The van der Waals surface area contributed by atoms with Gasteiger partial charge in [0.05, 0.1) is 30.2 Å². The largest absolute Gasteiger partial charge is 0.496 e. The Bertz CT molecular complexity index is 649. The Kier molecular flexibility index (Phi) is 4.02. The van der Waals surface area contributed by atoms with Crippen LogP contribution in [0.4, 0.5) is 0 Å². The third-order valence-corrected chi connectivity index (χ3v) is 5.52. The van der Waals surface area contributed by atoms with Crippen LogP contribution in [0.2, 0.25) is 0 Å². The molecule has 1 fully saturated rings. The van der Waals surface area contributed by atoms with Gasteiger partial charge in [0.1, 0.15) is 5.75 Å². The standard InChI is InChI=1S/C14H18N2O3S/c1-14(5-6-20(17,18)10-14)16-9-12-7-11(8-15)3-4-13(12)19-2/h3-4,7,16H,5-6,9-10H2,1-2H3. The molecule has 0 aliphatic carbocycles. The predicted molar refractivity (Wildman–Crippen MR) is 76.2 cm³/mol. The van der Waals surface area contributed by atoms with Crippen LogP contribution in [0.3, 0.4) is 0 Å². The molecule has 1 aliphatic heterocycles. The normalized spacial score (nSPS) is 24.2. The maximum absolute atomic E-state index is 11.6. The number of rotatable bonds is 4. The van der Waals surface area contributed by atoms with Crippen molar-refractivity contribution in [3.63, 3.8) is 0 Å². The third kappa shape index (κ3) is 3.30. The van der Waals surface area contributed by atoms with Crippen molar-refractivity contribution in [3.05, 3.63) is 29.3 Å². The number of nitriles is 1. The van der Waals surface area contributed by atoms with Crippen molar-refractivity contribution in [2.24, 2.45) is 0 Å². The summed E-state index contributed by atoms with van der Waals surface area (Å²) >= 11 is 0. The first kappa shape index (κ1) is 14.8. The van der Waals surface area contributed by atoms with Crippen molar-refractivity contribution < 1.29 is 13.2 Å². The number of methoxy groups -OCH3 is 1. The number of nitrogens with one attached hydrogen (secondary N) is 1. The Balaban J connectivity index is 2.13. The summed E-state index contributed by atoms with van der Waals surface area (Å²) in [6.07, 6.45) is 0.607. The second-order valence-corrected chi connectivity index (χ2v) is 7.58. The molecule has 20 heavy (non-hydrogen) atoms. The Morgan fingerprint density at radius 1 is 1.50 bits per heavy atom. The summed E-state index contributed by atoms with van der Waals surface area (Å²) < 4.78 is 28.4. The highest BCUT2D eigenvalue weighted by Crippen LogP contribution is 2.25. The average Bonchev–Trinajstić information content (AvgIpc) is 2.70. The van der Waals surface area contributed by atoms with Gasteiger partial charge in [0.15, 0.2) is 9.84 Å². The van der Waals surface area contributed by atoms with Crippen LogP contribution in [-0.2, 0) is 16.4 Å². The zero-order valence-corrected chi connectivity index (χ0v) is 12.5. The van der Waals surface area contributed by atoms with Crippen molar-refractivity contribution in [1.29, 1.82) is 5.26 Å². The third-order valence-electron chi connectivity index (χ3n) is 3.62. The number of ether oxygens (including phenoxy) is 1. The Morgan fingerprint density at radius 3 is 2.80 bits per heavy atom. The fourth-order valence-corrected chi connectivity index (χ4v) is 4.57. The van der Waals surface area contributed by atoms with E-state index in [2.05, 4.69) is 11.4 Å². The summed E-state index contributed by atoms with van der Waals surface area (Å²) in [5.41, 5.74) is 1.01. The van der Waals surface area contributed by atoms with E-state index < -0.39 is 15.4 Å². The summed E-state index contributed by atoms with van der Waals surface area (Å²) in [7, 11) is -1.36. The smallest absolute Gasteiger partial charge is 0.152 e. The van der Waals surface area contributed by atoms with Gasteiger partial charge in [-0.2, -0.15) is 5.26 Å². The minimum Gasteiger partial charge on any atom is -0.496 e. The maximum atomic E-state index is 11.6. The number of hydrogen-bond acceptors (Lipinski definition) is 5. The highest BCUT2D eigenvalue weighted by Gasteiger charge is 2.37. The molecule has 1 heterocycles. The fraction of sp³-hybridized carbons (Fsp3) is 0.500. The fourth-order valence-electron chi connectivity index (χ4n) is 2.44. The SMILES string of the molecule is COc1ccc(C#N)cc1CNC1(C)CCS(=O)(=O)C1. The molecule has 1 aliphatic rings. The highest BCUT2D eigenvalue weighted by molar-refractivity contribution is 7.91. The summed E-state index contributed by atoms with van der Waals surface area (Å²) in [5, 5.41) is 12.2. The van der Waals surface area contributed by atoms with Crippen LogP contribution in [0.1, 0.15) is 24.5 Å². The van der Waals surface area contributed by atoms with E-state index in [4.69, 9.17) is 10.00 Å². The monoisotopic (exact) mass is 294 g/mol. The highest BCUT2D eigenvalue weighted by atomic mass is 32.2. The molecule has 1 aromatic rings. The van der Waals surface area contributed by atoms with Crippen LogP contribution >= 0.6 is 0 Å². The quantitative estimate of drug-likeness (QED) is 0.903. The van der Waals surface area contributed by atoms with Crippen LogP contribution < -0.4 is 10.1 Å². The molecule has 1 atom stereocenters. The summed E-state index contributed by atoms with van der Waals surface area (Å²) in [6.45, 7) is 2.39. The summed E-state index contributed by atoms with van der Waals surface area (Å²) in [5.74, 6) is 1.08. The second-order valence-electron chi connectivity index (χ2n) is 5.39. The van der Waals surface area contributed by atoms with Gasteiger partial charge >= 0.3 is 0 Å². The van der Waals surface area contributed by atoms with Crippen LogP contribution in [-0.4, -0.2) is 32.6 Å². The molecule has 0 radical (unpaired) electrons. The minimum atomic E-state index is -2.93. The number of sulfone groups is 1. The van der Waals surface area contributed by atoms with Gasteiger partial charge in [0, 0.05) is 17.6 Å². The van der Waals surface area contributed by atoms with E-state index in [-0.39, 0.29) is 11.5 Å². The van der Waals surface area contributed by atoms with E-state index >= 15 is 0 Å². The van der Waals surface area contributed by atoms with E-state index in [0.29, 0.717) is 24.3 Å². The van der Waals surface area contributed by atoms with Crippen molar-refractivity contribution >= 4 is 9.84 Å². The van der Waals surface area contributed by atoms with Crippen LogP contribution in [0.5, 0.6) is 5.75 Å². The first-order valence-electron chi connectivity index (χ1n) is 6.40. The van der Waals surface area contributed by atoms with Gasteiger partial charge in [-0.25, -0.2) is 8.42 Å². The number of nitrogens with zero attached hydrogens (tertiary/aromatic N) is 1. The maximum Gasteiger partial charge on any atom is 0.152 e. The van der Waals surface area contributed by atoms with Crippen molar-refractivity contribution in [3.8, 4) is 11.8 Å². The Labute approximate surface area is 119 Å². The van der Waals surface area contributed by atoms with Gasteiger partial charge in [0.25, 0.3) is 0 Å². The van der Waals surface area contributed by atoms with Gasteiger partial charge in [-0.3, -0.25) is 0 Å². The lowest BCUT2D eigenvalue weighted by Crippen LogP contribution is -2.42. The average molecular weight is 294 g/mol. The molecular formula is C14H18N2O3S. The van der Waals surface area contributed by atoms with E-state index in [1.165, 1.54) is 0 Å². The molecule has 0 aromatic heterocycles. The first-order chi connectivity index (χ1) is 9.37. The van der Waals surface area contributed by atoms with E-state index in [1.54, 1.807) is 25.3 Å². The molecule has 0 bridgehead atoms. The molecule has 108 valence electrons. The van der Waals surface area contributed by atoms with Gasteiger partial charge in [-0.05, 0) is 31.5 Å². The second kappa shape index (κ2) is 5.43. The van der Waals surface area contributed by atoms with Crippen LogP contribution in [0.15, 0.2) is 18.2 Å². The van der Waals surface area contributed by atoms with Crippen molar-refractivity contribution in [2.45, 2.75) is 25.4 Å². The summed E-state index contributed by atoms with van der Waals surface area (Å²) in [4.78, 5) is 0. The molecule has 1 aromatic carbocycles. The van der Waals surface area contributed by atoms with E-state index in [0.717, 1.165) is 5.56 Å². The summed E-state index contributed by atoms with van der Waals surface area (Å²) in [6, 6.07) is 7.30. The molecule has 0 spiro atoms. The van der Waals surface area contributed by atoms with Gasteiger partial charge in [-0.15, -0.1) is 0 Å². The van der Waals surface area contributed by atoms with Crippen LogP contribution in [0.25, 0.3) is 0 Å². The molecule has 0 saturated carbocycles. The molecule has 1 saturated heterocycles. The van der Waals surface area contributed by atoms with E-state index in [1.807, 2.05) is 6.92 Å². The van der Waals surface area contributed by atoms with Gasteiger partial charge in [-0.1, -0.05) is 0 Å². The van der Waals surface area contributed by atoms with Crippen LogP contribution in [0, 0.1) is 11.3 Å². The van der Waals surface area contributed by atoms with Gasteiger partial charge < -0.3 is 10.1 Å².